The van der Waals surface area contributed by atoms with Crippen LogP contribution in [0.4, 0.5) is 11.4 Å². The van der Waals surface area contributed by atoms with Crippen molar-refractivity contribution in [1.29, 1.82) is 0 Å². The molecular weight excluding hydrogens is 458 g/mol. The fourth-order valence-electron chi connectivity index (χ4n) is 2.43. The molecule has 174 valence electrons. The Hall–Kier alpha value is -4.10. The van der Waals surface area contributed by atoms with Crippen LogP contribution in [0.3, 0.4) is 0 Å². The average Bonchev–Trinajstić information content (AvgIpc) is 2.77. The van der Waals surface area contributed by atoms with Gasteiger partial charge < -0.3 is 19.9 Å². The summed E-state index contributed by atoms with van der Waals surface area (Å²) in [5, 5.41) is 19.8. The summed E-state index contributed by atoms with van der Waals surface area (Å²) in [7, 11) is -2.10. The van der Waals surface area contributed by atoms with Gasteiger partial charge in [0.15, 0.2) is 5.70 Å². The molecule has 0 aliphatic rings. The van der Waals surface area contributed by atoms with E-state index < -0.39 is 39.4 Å². The van der Waals surface area contributed by atoms with Gasteiger partial charge in [-0.3, -0.25) is 9.35 Å². The summed E-state index contributed by atoms with van der Waals surface area (Å²) < 4.78 is 40.5. The third kappa shape index (κ3) is 6.44. The van der Waals surface area contributed by atoms with E-state index in [1.54, 1.807) is 0 Å². The molecule has 0 heterocycles. The zero-order valence-electron chi connectivity index (χ0n) is 17.6. The van der Waals surface area contributed by atoms with Crippen molar-refractivity contribution in [3.05, 3.63) is 65.0 Å². The number of carbonyl (C=O) groups excluding carboxylic acids is 3. The summed E-state index contributed by atoms with van der Waals surface area (Å²) in [5.74, 6) is -2.92. The second-order valence-electron chi connectivity index (χ2n) is 6.30. The number of ether oxygens (including phenoxy) is 2. The average molecular weight is 477 g/mol. The van der Waals surface area contributed by atoms with Gasteiger partial charge >= 0.3 is 11.9 Å². The smallest absolute Gasteiger partial charge is 0.340 e. The number of aliphatic hydroxyl groups excluding tert-OH is 1. The quantitative estimate of drug-likeness (QED) is 0.177. The van der Waals surface area contributed by atoms with Gasteiger partial charge in [-0.05, 0) is 49.4 Å². The van der Waals surface area contributed by atoms with Crippen LogP contribution in [0.5, 0.6) is 0 Å². The largest absolute Gasteiger partial charge is 0.510 e. The molecule has 12 nitrogen and oxygen atoms in total. The van der Waals surface area contributed by atoms with Crippen LogP contribution >= 0.6 is 0 Å². The minimum absolute atomic E-state index is 0.0497. The zero-order chi connectivity index (χ0) is 24.8. The second kappa shape index (κ2) is 10.5. The molecule has 0 spiro atoms. The van der Waals surface area contributed by atoms with Gasteiger partial charge in [0.25, 0.3) is 16.0 Å². The fourth-order valence-corrected chi connectivity index (χ4v) is 2.91. The van der Waals surface area contributed by atoms with Crippen LogP contribution in [-0.2, 0) is 24.4 Å². The number of nitrogens with zero attached hydrogens (tertiary/aromatic N) is 2. The van der Waals surface area contributed by atoms with Gasteiger partial charge in [0.05, 0.1) is 30.2 Å². The van der Waals surface area contributed by atoms with Crippen LogP contribution < -0.4 is 5.32 Å². The first kappa shape index (κ1) is 25.2. The number of amides is 1. The third-order valence-corrected chi connectivity index (χ3v) is 4.92. The second-order valence-corrected chi connectivity index (χ2v) is 7.72. The minimum Gasteiger partial charge on any atom is -0.510 e. The lowest BCUT2D eigenvalue weighted by atomic mass is 10.1. The summed E-state index contributed by atoms with van der Waals surface area (Å²) >= 11 is 0. The Labute approximate surface area is 188 Å². The maximum absolute atomic E-state index is 12.5. The molecule has 0 saturated heterocycles. The maximum atomic E-state index is 12.5. The first-order valence-corrected chi connectivity index (χ1v) is 10.4. The lowest BCUT2D eigenvalue weighted by molar-refractivity contribution is -0.113. The highest BCUT2D eigenvalue weighted by Gasteiger charge is 2.18. The molecule has 2 aromatic carbocycles. The summed E-state index contributed by atoms with van der Waals surface area (Å²) in [6, 6.07) is 8.30. The van der Waals surface area contributed by atoms with Crippen LogP contribution in [-0.4, -0.2) is 50.1 Å². The number of aliphatic hydroxyl groups is 1. The van der Waals surface area contributed by atoms with Crippen LogP contribution in [0.25, 0.3) is 0 Å². The number of benzene rings is 2. The molecule has 0 aliphatic carbocycles. The number of rotatable bonds is 7. The van der Waals surface area contributed by atoms with Crippen molar-refractivity contribution in [3.8, 4) is 0 Å². The predicted octanol–water partition coefficient (Wildman–Crippen LogP) is 3.02. The molecule has 0 fully saturated rings. The summed E-state index contributed by atoms with van der Waals surface area (Å²) in [5.41, 5.74) is -0.551. The van der Waals surface area contributed by atoms with Gasteiger partial charge in [-0.15, -0.1) is 10.2 Å². The minimum atomic E-state index is -4.41. The number of azo groups is 1. The summed E-state index contributed by atoms with van der Waals surface area (Å²) in [4.78, 5) is 35.9. The van der Waals surface area contributed by atoms with Gasteiger partial charge in [0.2, 0.25) is 0 Å². The monoisotopic (exact) mass is 477 g/mol. The number of carbonyl (C=O) groups is 3. The molecule has 2 rings (SSSR count). The van der Waals surface area contributed by atoms with E-state index >= 15 is 0 Å². The van der Waals surface area contributed by atoms with E-state index in [4.69, 9.17) is 4.55 Å². The van der Waals surface area contributed by atoms with Crippen molar-refractivity contribution in [2.75, 3.05) is 19.5 Å². The molecule has 1 amide bonds. The van der Waals surface area contributed by atoms with Crippen LogP contribution in [0.2, 0.25) is 0 Å². The normalized spacial score (nSPS) is 12.1. The van der Waals surface area contributed by atoms with Crippen molar-refractivity contribution >= 4 is 39.3 Å². The van der Waals surface area contributed by atoms with E-state index in [-0.39, 0.29) is 27.4 Å². The molecule has 0 aromatic heterocycles. The van der Waals surface area contributed by atoms with Crippen LogP contribution in [0, 0.1) is 0 Å². The summed E-state index contributed by atoms with van der Waals surface area (Å²) in [6.45, 7) is 1.17. The highest BCUT2D eigenvalue weighted by Crippen LogP contribution is 2.25. The highest BCUT2D eigenvalue weighted by molar-refractivity contribution is 7.85. The van der Waals surface area contributed by atoms with Crippen molar-refractivity contribution in [3.63, 3.8) is 0 Å². The molecule has 13 heteroatoms. The van der Waals surface area contributed by atoms with Gasteiger partial charge in [0.1, 0.15) is 11.4 Å². The van der Waals surface area contributed by atoms with E-state index in [0.29, 0.717) is 0 Å². The molecule has 0 unspecified atom stereocenters. The molecule has 3 N–H and O–H groups in total. The van der Waals surface area contributed by atoms with Crippen molar-refractivity contribution in [1.82, 2.24) is 0 Å². The van der Waals surface area contributed by atoms with E-state index in [1.165, 1.54) is 44.4 Å². The van der Waals surface area contributed by atoms with Crippen LogP contribution in [0.15, 0.2) is 69.0 Å². The maximum Gasteiger partial charge on any atom is 0.340 e. The number of hydrogen-bond donors (Lipinski definition) is 3. The van der Waals surface area contributed by atoms with Crippen molar-refractivity contribution in [2.45, 2.75) is 11.8 Å². The lowest BCUT2D eigenvalue weighted by Gasteiger charge is -2.08. The Morgan fingerprint density at radius 1 is 0.970 bits per heavy atom. The molecule has 33 heavy (non-hydrogen) atoms. The molecule has 0 bridgehead atoms. The summed E-state index contributed by atoms with van der Waals surface area (Å²) in [6.07, 6.45) is 0. The molecule has 0 saturated carbocycles. The number of methoxy groups -OCH3 is 2. The van der Waals surface area contributed by atoms with Crippen molar-refractivity contribution < 1.29 is 41.9 Å². The topological polar surface area (TPSA) is 181 Å². The van der Waals surface area contributed by atoms with E-state index in [1.807, 2.05) is 0 Å². The Balaban J connectivity index is 2.37. The van der Waals surface area contributed by atoms with E-state index in [2.05, 4.69) is 25.0 Å². The Morgan fingerprint density at radius 3 is 2.09 bits per heavy atom. The van der Waals surface area contributed by atoms with Gasteiger partial charge in [-0.1, -0.05) is 0 Å². The SMILES string of the molecule is COC(=O)c1ccc(C(=O)OC)c(N=NC(C(=O)Nc2ccc(S(=O)(=O)O)cc2)=C(C)O)c1. The zero-order valence-corrected chi connectivity index (χ0v) is 18.4. The third-order valence-electron chi connectivity index (χ3n) is 4.05. The van der Waals surface area contributed by atoms with Crippen LogP contribution in [0.1, 0.15) is 27.6 Å². The molecule has 0 atom stereocenters. The Morgan fingerprint density at radius 2 is 1.58 bits per heavy atom. The standard InChI is InChI=1S/C20H19N3O9S/c1-11(24)17(18(25)21-13-5-7-14(8-6-13)33(28,29)30)23-22-16-10-12(19(26)31-2)4-9-15(16)20(27)32-3/h4-10,24H,1-3H3,(H,21,25)(H,28,29,30). The Bertz CT molecular complexity index is 1250. The molecule has 0 aliphatic heterocycles. The number of hydrogen-bond acceptors (Lipinski definition) is 10. The number of esters is 2. The van der Waals surface area contributed by atoms with Gasteiger partial charge in [-0.25, -0.2) is 9.59 Å². The first-order chi connectivity index (χ1) is 15.5. The van der Waals surface area contributed by atoms with Gasteiger partial charge in [0, 0.05) is 5.69 Å². The van der Waals surface area contributed by atoms with E-state index in [0.717, 1.165) is 19.2 Å². The molecule has 0 radical (unpaired) electrons. The predicted molar refractivity (Wildman–Crippen MR) is 114 cm³/mol. The first-order valence-electron chi connectivity index (χ1n) is 8.99. The van der Waals surface area contributed by atoms with Gasteiger partial charge in [-0.2, -0.15) is 8.42 Å². The lowest BCUT2D eigenvalue weighted by Crippen LogP contribution is -2.14. The fraction of sp³-hybridized carbons (Fsp3) is 0.150. The number of nitrogens with one attached hydrogen (secondary N) is 1. The molecule has 2 aromatic rings. The number of allylic oxidation sites excluding steroid dienone is 1. The van der Waals surface area contributed by atoms with Crippen molar-refractivity contribution in [2.24, 2.45) is 10.2 Å². The Kier molecular flexibility index (Phi) is 7.99. The number of anilines is 1. The highest BCUT2D eigenvalue weighted by atomic mass is 32.2. The van der Waals surface area contributed by atoms with E-state index in [9.17, 15) is 27.9 Å². The molecular formula is C20H19N3O9S.